The van der Waals surface area contributed by atoms with Gasteiger partial charge in [0.25, 0.3) is 0 Å². The van der Waals surface area contributed by atoms with Crippen LogP contribution in [0.4, 0.5) is 5.69 Å². The molecule has 1 N–H and O–H groups in total. The second kappa shape index (κ2) is 7.33. The monoisotopic (exact) mass is 234 g/mol. The van der Waals surface area contributed by atoms with E-state index in [-0.39, 0.29) is 0 Å². The molecule has 2 heteroatoms. The summed E-state index contributed by atoms with van der Waals surface area (Å²) in [5, 5.41) is 3.47. The highest BCUT2D eigenvalue weighted by atomic mass is 15.1. The maximum absolute atomic E-state index is 3.47. The van der Waals surface area contributed by atoms with Gasteiger partial charge in [-0.2, -0.15) is 0 Å². The zero-order chi connectivity index (χ0) is 12.7. The maximum atomic E-state index is 3.47. The second-order valence-electron chi connectivity index (χ2n) is 5.04. The van der Waals surface area contributed by atoms with Gasteiger partial charge in [0.1, 0.15) is 0 Å². The maximum Gasteiger partial charge on any atom is 0.0364 e. The topological polar surface area (TPSA) is 15.3 Å². The SMILES string of the molecule is CCc1ccc(N(C)CCNCC(C)C)cc1. The van der Waals surface area contributed by atoms with E-state index in [4.69, 9.17) is 0 Å². The molecule has 1 rings (SSSR count). The average molecular weight is 234 g/mol. The predicted octanol–water partition coefficient (Wildman–Crippen LogP) is 2.93. The van der Waals surface area contributed by atoms with Crippen molar-refractivity contribution < 1.29 is 0 Å². The lowest BCUT2D eigenvalue weighted by Gasteiger charge is -2.20. The first-order chi connectivity index (χ1) is 8.13. The minimum absolute atomic E-state index is 0.726. The Kier molecular flexibility index (Phi) is 6.06. The molecule has 0 bridgehead atoms. The first-order valence-corrected chi connectivity index (χ1v) is 6.64. The van der Waals surface area contributed by atoms with Gasteiger partial charge in [0.05, 0.1) is 0 Å². The molecule has 0 amide bonds. The van der Waals surface area contributed by atoms with Gasteiger partial charge in [-0.1, -0.05) is 32.9 Å². The first-order valence-electron chi connectivity index (χ1n) is 6.64. The van der Waals surface area contributed by atoms with E-state index in [1.165, 1.54) is 11.3 Å². The van der Waals surface area contributed by atoms with Crippen LogP contribution in [0.3, 0.4) is 0 Å². The van der Waals surface area contributed by atoms with Crippen LogP contribution in [-0.4, -0.2) is 26.7 Å². The molecule has 0 fully saturated rings. The molecular formula is C15H26N2. The Morgan fingerprint density at radius 2 is 1.82 bits per heavy atom. The Morgan fingerprint density at radius 3 is 2.35 bits per heavy atom. The van der Waals surface area contributed by atoms with Gasteiger partial charge >= 0.3 is 0 Å². The van der Waals surface area contributed by atoms with Crippen LogP contribution < -0.4 is 10.2 Å². The third-order valence-electron chi connectivity index (χ3n) is 2.96. The molecule has 1 aromatic carbocycles. The zero-order valence-electron chi connectivity index (χ0n) is 11.7. The lowest BCUT2D eigenvalue weighted by molar-refractivity contribution is 0.554. The van der Waals surface area contributed by atoms with Crippen molar-refractivity contribution in [2.24, 2.45) is 5.92 Å². The number of nitrogens with one attached hydrogen (secondary N) is 1. The van der Waals surface area contributed by atoms with Crippen LogP contribution in [0.1, 0.15) is 26.3 Å². The van der Waals surface area contributed by atoms with E-state index in [1.54, 1.807) is 0 Å². The molecule has 0 aromatic heterocycles. The number of anilines is 1. The predicted molar refractivity (Wildman–Crippen MR) is 76.8 cm³/mol. The standard InChI is InChI=1S/C15H26N2/c1-5-14-6-8-15(9-7-14)17(4)11-10-16-12-13(2)3/h6-9,13,16H,5,10-12H2,1-4H3. The van der Waals surface area contributed by atoms with Crippen LogP contribution in [-0.2, 0) is 6.42 Å². The molecular weight excluding hydrogens is 208 g/mol. The van der Waals surface area contributed by atoms with Gasteiger partial charge in [-0.3, -0.25) is 0 Å². The van der Waals surface area contributed by atoms with Gasteiger partial charge in [-0.05, 0) is 36.6 Å². The van der Waals surface area contributed by atoms with Gasteiger partial charge in [-0.15, -0.1) is 0 Å². The lowest BCUT2D eigenvalue weighted by atomic mass is 10.1. The highest BCUT2D eigenvalue weighted by Gasteiger charge is 2.00. The van der Waals surface area contributed by atoms with Crippen LogP contribution >= 0.6 is 0 Å². The summed E-state index contributed by atoms with van der Waals surface area (Å²) in [5.41, 5.74) is 2.70. The molecule has 0 saturated heterocycles. The fourth-order valence-corrected chi connectivity index (χ4v) is 1.75. The smallest absolute Gasteiger partial charge is 0.0364 e. The largest absolute Gasteiger partial charge is 0.373 e. The molecule has 0 unspecified atom stereocenters. The van der Waals surface area contributed by atoms with E-state index in [2.05, 4.69) is 62.3 Å². The first kappa shape index (κ1) is 14.0. The molecule has 0 aliphatic heterocycles. The molecule has 0 spiro atoms. The Bertz CT molecular complexity index is 303. The summed E-state index contributed by atoms with van der Waals surface area (Å²) < 4.78 is 0. The molecule has 0 atom stereocenters. The average Bonchev–Trinajstić information content (AvgIpc) is 2.34. The second-order valence-corrected chi connectivity index (χ2v) is 5.04. The number of rotatable bonds is 7. The number of hydrogen-bond acceptors (Lipinski definition) is 2. The molecule has 17 heavy (non-hydrogen) atoms. The summed E-state index contributed by atoms with van der Waals surface area (Å²) in [6.45, 7) is 9.86. The van der Waals surface area contributed by atoms with Crippen LogP contribution in [0.5, 0.6) is 0 Å². The van der Waals surface area contributed by atoms with Crippen LogP contribution in [0.2, 0.25) is 0 Å². The van der Waals surface area contributed by atoms with Gasteiger partial charge in [0, 0.05) is 25.8 Å². The van der Waals surface area contributed by atoms with E-state index in [9.17, 15) is 0 Å². The molecule has 0 saturated carbocycles. The van der Waals surface area contributed by atoms with Crippen molar-refractivity contribution in [1.82, 2.24) is 5.32 Å². The fourth-order valence-electron chi connectivity index (χ4n) is 1.75. The summed E-state index contributed by atoms with van der Waals surface area (Å²) in [7, 11) is 2.15. The van der Waals surface area contributed by atoms with Crippen molar-refractivity contribution in [1.29, 1.82) is 0 Å². The van der Waals surface area contributed by atoms with Crippen LogP contribution in [0.15, 0.2) is 24.3 Å². The number of hydrogen-bond donors (Lipinski definition) is 1. The Morgan fingerprint density at radius 1 is 1.18 bits per heavy atom. The molecule has 96 valence electrons. The zero-order valence-corrected chi connectivity index (χ0v) is 11.7. The number of aryl methyl sites for hydroxylation is 1. The van der Waals surface area contributed by atoms with E-state index >= 15 is 0 Å². The quantitative estimate of drug-likeness (QED) is 0.730. The third-order valence-corrected chi connectivity index (χ3v) is 2.96. The van der Waals surface area contributed by atoms with Gasteiger partial charge in [-0.25, -0.2) is 0 Å². The van der Waals surface area contributed by atoms with E-state index in [1.807, 2.05) is 0 Å². The highest BCUT2D eigenvalue weighted by Crippen LogP contribution is 2.13. The van der Waals surface area contributed by atoms with Crippen LogP contribution in [0.25, 0.3) is 0 Å². The third kappa shape index (κ3) is 5.22. The normalized spacial score (nSPS) is 10.9. The van der Waals surface area contributed by atoms with Crippen LogP contribution in [0, 0.1) is 5.92 Å². The number of nitrogens with zero attached hydrogens (tertiary/aromatic N) is 1. The summed E-state index contributed by atoms with van der Waals surface area (Å²) in [5.74, 6) is 0.726. The van der Waals surface area contributed by atoms with Crippen molar-refractivity contribution in [2.75, 3.05) is 31.6 Å². The summed E-state index contributed by atoms with van der Waals surface area (Å²) in [4.78, 5) is 2.30. The van der Waals surface area contributed by atoms with Gasteiger partial charge in [0.15, 0.2) is 0 Å². The Hall–Kier alpha value is -1.02. The minimum Gasteiger partial charge on any atom is -0.373 e. The molecule has 0 heterocycles. The van der Waals surface area contributed by atoms with Gasteiger partial charge < -0.3 is 10.2 Å². The van der Waals surface area contributed by atoms with Gasteiger partial charge in [0.2, 0.25) is 0 Å². The van der Waals surface area contributed by atoms with E-state index < -0.39 is 0 Å². The summed E-state index contributed by atoms with van der Waals surface area (Å²) in [6, 6.07) is 8.85. The molecule has 0 aliphatic carbocycles. The summed E-state index contributed by atoms with van der Waals surface area (Å²) >= 11 is 0. The number of benzene rings is 1. The molecule has 2 nitrogen and oxygen atoms in total. The Balaban J connectivity index is 2.33. The fraction of sp³-hybridized carbons (Fsp3) is 0.600. The highest BCUT2D eigenvalue weighted by molar-refractivity contribution is 5.46. The van der Waals surface area contributed by atoms with Crippen molar-refractivity contribution >= 4 is 5.69 Å². The van der Waals surface area contributed by atoms with E-state index in [0.29, 0.717) is 0 Å². The Labute approximate surface area is 106 Å². The molecule has 0 radical (unpaired) electrons. The molecule has 1 aromatic rings. The van der Waals surface area contributed by atoms with Crippen molar-refractivity contribution in [3.8, 4) is 0 Å². The van der Waals surface area contributed by atoms with E-state index in [0.717, 1.165) is 32.0 Å². The van der Waals surface area contributed by atoms with Crippen molar-refractivity contribution in [2.45, 2.75) is 27.2 Å². The summed E-state index contributed by atoms with van der Waals surface area (Å²) in [6.07, 6.45) is 1.11. The van der Waals surface area contributed by atoms with Crippen molar-refractivity contribution in [3.63, 3.8) is 0 Å². The molecule has 0 aliphatic rings. The number of likely N-dealkylation sites (N-methyl/N-ethyl adjacent to an activating group) is 1. The lowest BCUT2D eigenvalue weighted by Crippen LogP contribution is -2.31. The van der Waals surface area contributed by atoms with Crippen molar-refractivity contribution in [3.05, 3.63) is 29.8 Å². The minimum atomic E-state index is 0.726.